The van der Waals surface area contributed by atoms with Gasteiger partial charge in [-0.2, -0.15) is 0 Å². The van der Waals surface area contributed by atoms with Crippen LogP contribution in [0, 0.1) is 11.7 Å². The van der Waals surface area contributed by atoms with E-state index < -0.39 is 0 Å². The fraction of sp³-hybridized carbons (Fsp3) is 0.625. The Hall–Kier alpha value is -1.13. The SMILES string of the molecule is CCC(C)[C@H](c1cc(F)ccc1OC)N1CCNCC1. The van der Waals surface area contributed by atoms with Gasteiger partial charge in [0.2, 0.25) is 0 Å². The number of benzene rings is 1. The van der Waals surface area contributed by atoms with Crippen molar-refractivity contribution >= 4 is 0 Å². The number of methoxy groups -OCH3 is 1. The highest BCUT2D eigenvalue weighted by molar-refractivity contribution is 5.37. The molecule has 2 rings (SSSR count). The molecule has 1 N–H and O–H groups in total. The molecule has 3 nitrogen and oxygen atoms in total. The molecule has 0 saturated carbocycles. The lowest BCUT2D eigenvalue weighted by molar-refractivity contribution is 0.126. The van der Waals surface area contributed by atoms with E-state index in [0.717, 1.165) is 43.9 Å². The number of nitrogens with one attached hydrogen (secondary N) is 1. The monoisotopic (exact) mass is 280 g/mol. The molecule has 1 fully saturated rings. The van der Waals surface area contributed by atoms with E-state index in [-0.39, 0.29) is 11.9 Å². The van der Waals surface area contributed by atoms with Crippen LogP contribution in [0.4, 0.5) is 4.39 Å². The Labute approximate surface area is 121 Å². The summed E-state index contributed by atoms with van der Waals surface area (Å²) in [5, 5.41) is 3.37. The molecule has 112 valence electrons. The molecule has 1 aromatic rings. The van der Waals surface area contributed by atoms with Crippen LogP contribution in [0.5, 0.6) is 5.75 Å². The van der Waals surface area contributed by atoms with E-state index in [0.29, 0.717) is 5.92 Å². The van der Waals surface area contributed by atoms with Crippen molar-refractivity contribution in [1.29, 1.82) is 0 Å². The van der Waals surface area contributed by atoms with Gasteiger partial charge in [0.15, 0.2) is 0 Å². The molecule has 20 heavy (non-hydrogen) atoms. The average Bonchev–Trinajstić information content (AvgIpc) is 2.48. The molecule has 0 amide bonds. The summed E-state index contributed by atoms with van der Waals surface area (Å²) in [7, 11) is 1.65. The maximum atomic E-state index is 13.7. The lowest BCUT2D eigenvalue weighted by Gasteiger charge is -2.39. The Kier molecular flexibility index (Phi) is 5.38. The van der Waals surface area contributed by atoms with Crippen molar-refractivity contribution in [1.82, 2.24) is 10.2 Å². The van der Waals surface area contributed by atoms with Crippen molar-refractivity contribution in [3.05, 3.63) is 29.6 Å². The fourth-order valence-corrected chi connectivity index (χ4v) is 2.98. The standard InChI is InChI=1S/C16H25FN2O/c1-4-12(2)16(19-9-7-18-8-10-19)14-11-13(17)5-6-15(14)20-3/h5-6,11-12,16,18H,4,7-10H2,1-3H3/t12?,16-/m1/s1. The molecule has 0 spiro atoms. The molecular weight excluding hydrogens is 255 g/mol. The number of nitrogens with zero attached hydrogens (tertiary/aromatic N) is 1. The van der Waals surface area contributed by atoms with Gasteiger partial charge in [-0.25, -0.2) is 4.39 Å². The van der Waals surface area contributed by atoms with Gasteiger partial charge in [-0.05, 0) is 24.1 Å². The van der Waals surface area contributed by atoms with Crippen molar-refractivity contribution in [3.8, 4) is 5.75 Å². The van der Waals surface area contributed by atoms with E-state index in [1.54, 1.807) is 19.2 Å². The van der Waals surface area contributed by atoms with Gasteiger partial charge in [0.05, 0.1) is 7.11 Å². The second kappa shape index (κ2) is 7.04. The Balaban J connectivity index is 2.37. The lowest BCUT2D eigenvalue weighted by Crippen LogP contribution is -2.46. The second-order valence-electron chi connectivity index (χ2n) is 5.50. The van der Waals surface area contributed by atoms with Gasteiger partial charge in [-0.3, -0.25) is 4.90 Å². The second-order valence-corrected chi connectivity index (χ2v) is 5.50. The predicted octanol–water partition coefficient (Wildman–Crippen LogP) is 2.83. The molecule has 1 saturated heterocycles. The number of ether oxygens (including phenoxy) is 1. The Bertz CT molecular complexity index is 432. The highest BCUT2D eigenvalue weighted by atomic mass is 19.1. The molecule has 0 aliphatic carbocycles. The average molecular weight is 280 g/mol. The minimum absolute atomic E-state index is 0.191. The molecule has 1 heterocycles. The number of rotatable bonds is 5. The smallest absolute Gasteiger partial charge is 0.123 e. The van der Waals surface area contributed by atoms with Crippen LogP contribution in [-0.2, 0) is 0 Å². The van der Waals surface area contributed by atoms with Crippen LogP contribution in [-0.4, -0.2) is 38.2 Å². The van der Waals surface area contributed by atoms with Crippen molar-refractivity contribution in [2.75, 3.05) is 33.3 Å². The molecule has 0 radical (unpaired) electrons. The highest BCUT2D eigenvalue weighted by Crippen LogP contribution is 2.36. The zero-order valence-electron chi connectivity index (χ0n) is 12.7. The molecule has 4 heteroatoms. The van der Waals surface area contributed by atoms with Crippen LogP contribution < -0.4 is 10.1 Å². The third-order valence-electron chi connectivity index (χ3n) is 4.24. The molecule has 0 bridgehead atoms. The third kappa shape index (κ3) is 3.30. The van der Waals surface area contributed by atoms with Crippen molar-refractivity contribution in [3.63, 3.8) is 0 Å². The molecule has 1 unspecified atom stereocenters. The quantitative estimate of drug-likeness (QED) is 0.897. The number of piperazine rings is 1. The van der Waals surface area contributed by atoms with Gasteiger partial charge >= 0.3 is 0 Å². The summed E-state index contributed by atoms with van der Waals surface area (Å²) in [4.78, 5) is 2.45. The first-order valence-corrected chi connectivity index (χ1v) is 7.45. The van der Waals surface area contributed by atoms with Crippen LogP contribution in [0.25, 0.3) is 0 Å². The van der Waals surface area contributed by atoms with E-state index in [4.69, 9.17) is 4.74 Å². The Morgan fingerprint density at radius 1 is 1.35 bits per heavy atom. The van der Waals surface area contributed by atoms with Crippen LogP contribution in [0.3, 0.4) is 0 Å². The zero-order valence-corrected chi connectivity index (χ0v) is 12.7. The molecular formula is C16H25FN2O. The van der Waals surface area contributed by atoms with Crippen molar-refractivity contribution in [2.24, 2.45) is 5.92 Å². The van der Waals surface area contributed by atoms with E-state index in [1.807, 2.05) is 0 Å². The van der Waals surface area contributed by atoms with Gasteiger partial charge in [0.25, 0.3) is 0 Å². The summed E-state index contributed by atoms with van der Waals surface area (Å²) in [6.45, 7) is 8.39. The first-order valence-electron chi connectivity index (χ1n) is 7.45. The van der Waals surface area contributed by atoms with Crippen LogP contribution in [0.15, 0.2) is 18.2 Å². The van der Waals surface area contributed by atoms with E-state index in [2.05, 4.69) is 24.1 Å². The zero-order chi connectivity index (χ0) is 14.5. The van der Waals surface area contributed by atoms with Crippen LogP contribution in [0.1, 0.15) is 31.9 Å². The van der Waals surface area contributed by atoms with Gasteiger partial charge in [-0.15, -0.1) is 0 Å². The molecule has 1 aliphatic heterocycles. The summed E-state index contributed by atoms with van der Waals surface area (Å²) in [6, 6.07) is 5.06. The fourth-order valence-electron chi connectivity index (χ4n) is 2.98. The summed E-state index contributed by atoms with van der Waals surface area (Å²) in [5.74, 6) is 1.06. The maximum Gasteiger partial charge on any atom is 0.123 e. The number of halogens is 1. The summed E-state index contributed by atoms with van der Waals surface area (Å²) in [6.07, 6.45) is 1.06. The minimum Gasteiger partial charge on any atom is -0.496 e. The number of hydrogen-bond donors (Lipinski definition) is 1. The topological polar surface area (TPSA) is 24.5 Å². The van der Waals surface area contributed by atoms with Gasteiger partial charge < -0.3 is 10.1 Å². The van der Waals surface area contributed by atoms with Gasteiger partial charge in [0.1, 0.15) is 11.6 Å². The lowest BCUT2D eigenvalue weighted by atomic mass is 9.90. The van der Waals surface area contributed by atoms with Gasteiger partial charge in [0, 0.05) is 37.8 Å². The number of hydrogen-bond acceptors (Lipinski definition) is 3. The predicted molar refractivity (Wildman–Crippen MR) is 79.6 cm³/mol. The molecule has 1 aliphatic rings. The van der Waals surface area contributed by atoms with Crippen LogP contribution in [0.2, 0.25) is 0 Å². The highest BCUT2D eigenvalue weighted by Gasteiger charge is 2.29. The summed E-state index contributed by atoms with van der Waals surface area (Å²) < 4.78 is 19.1. The summed E-state index contributed by atoms with van der Waals surface area (Å²) in [5.41, 5.74) is 0.976. The first kappa shape index (κ1) is 15.3. The molecule has 2 atom stereocenters. The van der Waals surface area contributed by atoms with Crippen molar-refractivity contribution < 1.29 is 9.13 Å². The molecule has 0 aromatic heterocycles. The Morgan fingerprint density at radius 2 is 2.05 bits per heavy atom. The normalized spacial score (nSPS) is 19.6. The summed E-state index contributed by atoms with van der Waals surface area (Å²) >= 11 is 0. The largest absolute Gasteiger partial charge is 0.496 e. The first-order chi connectivity index (χ1) is 9.67. The Morgan fingerprint density at radius 3 is 2.65 bits per heavy atom. The van der Waals surface area contributed by atoms with E-state index in [9.17, 15) is 4.39 Å². The maximum absolute atomic E-state index is 13.7. The molecule has 1 aromatic carbocycles. The van der Waals surface area contributed by atoms with Gasteiger partial charge in [-0.1, -0.05) is 20.3 Å². The van der Waals surface area contributed by atoms with E-state index in [1.165, 1.54) is 6.07 Å². The van der Waals surface area contributed by atoms with E-state index >= 15 is 0 Å². The van der Waals surface area contributed by atoms with Crippen LogP contribution >= 0.6 is 0 Å². The third-order valence-corrected chi connectivity index (χ3v) is 4.24. The minimum atomic E-state index is -0.191. The van der Waals surface area contributed by atoms with Crippen molar-refractivity contribution in [2.45, 2.75) is 26.3 Å².